The molecule has 3 aromatic carbocycles. The summed E-state index contributed by atoms with van der Waals surface area (Å²) in [6.45, 7) is 0. The van der Waals surface area contributed by atoms with Crippen LogP contribution < -0.4 is 10.9 Å². The lowest BCUT2D eigenvalue weighted by Gasteiger charge is -2.05. The van der Waals surface area contributed by atoms with Gasteiger partial charge in [-0.1, -0.05) is 24.3 Å². The predicted octanol–water partition coefficient (Wildman–Crippen LogP) is 4.67. The van der Waals surface area contributed by atoms with Gasteiger partial charge >= 0.3 is 0 Å². The molecule has 5 aromatic rings. The Morgan fingerprint density at radius 2 is 1.42 bits per heavy atom. The maximum absolute atomic E-state index is 13.0. The van der Waals surface area contributed by atoms with Crippen molar-refractivity contribution < 1.29 is 4.42 Å². The van der Waals surface area contributed by atoms with Gasteiger partial charge in [0.05, 0.1) is 15.5 Å². The van der Waals surface area contributed by atoms with Gasteiger partial charge in [-0.15, -0.1) is 11.3 Å². The largest absolute Gasteiger partial charge is 0.456 e. The van der Waals surface area contributed by atoms with Crippen LogP contribution in [0.3, 0.4) is 0 Å². The lowest BCUT2D eigenvalue weighted by atomic mass is 10.1. The first-order valence-corrected chi connectivity index (χ1v) is 8.36. The van der Waals surface area contributed by atoms with Gasteiger partial charge in [-0.25, -0.2) is 0 Å². The number of hydrogen-bond donors (Lipinski definition) is 0. The van der Waals surface area contributed by atoms with Crippen LogP contribution in [-0.2, 0) is 0 Å². The maximum Gasteiger partial charge on any atom is 0.201 e. The fourth-order valence-electron chi connectivity index (χ4n) is 3.14. The number of rotatable bonds is 0. The summed E-state index contributed by atoms with van der Waals surface area (Å²) in [5, 5.41) is 2.26. The standard InChI is InChI=1S/C20H10O3S/c21-18-12-6-2-4-8-16(12)24-20-13(18)9-10-15-17(20)19(22)11-5-1-3-7-14(11)23-15/h1-10H. The van der Waals surface area contributed by atoms with E-state index < -0.39 is 0 Å². The second-order valence-electron chi connectivity index (χ2n) is 5.67. The van der Waals surface area contributed by atoms with E-state index in [1.165, 1.54) is 11.3 Å². The van der Waals surface area contributed by atoms with E-state index in [2.05, 4.69) is 0 Å². The molecule has 0 radical (unpaired) electrons. The highest BCUT2D eigenvalue weighted by Gasteiger charge is 2.14. The average molecular weight is 330 g/mol. The number of hydrogen-bond acceptors (Lipinski definition) is 4. The summed E-state index contributed by atoms with van der Waals surface area (Å²) in [4.78, 5) is 25.8. The summed E-state index contributed by atoms with van der Waals surface area (Å²) in [7, 11) is 0. The molecule has 2 aromatic heterocycles. The molecular formula is C20H10O3S. The Balaban J connectivity index is 2.13. The molecule has 5 rings (SSSR count). The van der Waals surface area contributed by atoms with E-state index >= 15 is 0 Å². The summed E-state index contributed by atoms with van der Waals surface area (Å²) in [6, 6.07) is 18.1. The highest BCUT2D eigenvalue weighted by molar-refractivity contribution is 7.25. The molecule has 0 N–H and O–H groups in total. The summed E-state index contributed by atoms with van der Waals surface area (Å²) < 4.78 is 7.45. The van der Waals surface area contributed by atoms with E-state index in [0.717, 1.165) is 4.70 Å². The first kappa shape index (κ1) is 13.5. The fraction of sp³-hybridized carbons (Fsp3) is 0. The minimum absolute atomic E-state index is 0.0474. The lowest BCUT2D eigenvalue weighted by molar-refractivity contribution is 0.660. The molecule has 24 heavy (non-hydrogen) atoms. The highest BCUT2D eigenvalue weighted by atomic mass is 32.1. The average Bonchev–Trinajstić information content (AvgIpc) is 2.62. The van der Waals surface area contributed by atoms with E-state index in [1.54, 1.807) is 24.3 Å². The van der Waals surface area contributed by atoms with Crippen LogP contribution in [0, 0.1) is 0 Å². The Morgan fingerprint density at radius 1 is 0.667 bits per heavy atom. The number of para-hydroxylation sites is 1. The Morgan fingerprint density at radius 3 is 2.29 bits per heavy atom. The van der Waals surface area contributed by atoms with Crippen molar-refractivity contribution in [3.05, 3.63) is 81.1 Å². The molecule has 0 saturated carbocycles. The zero-order chi connectivity index (χ0) is 16.3. The first-order valence-electron chi connectivity index (χ1n) is 7.54. The van der Waals surface area contributed by atoms with Crippen LogP contribution in [0.1, 0.15) is 0 Å². The first-order chi connectivity index (χ1) is 11.7. The van der Waals surface area contributed by atoms with Gasteiger partial charge in [0, 0.05) is 15.5 Å². The Labute approximate surface area is 139 Å². The maximum atomic E-state index is 13.0. The van der Waals surface area contributed by atoms with Crippen molar-refractivity contribution in [2.75, 3.05) is 0 Å². The van der Waals surface area contributed by atoms with Crippen molar-refractivity contribution in [3.8, 4) is 0 Å². The Bertz CT molecular complexity index is 1390. The summed E-state index contributed by atoms with van der Waals surface area (Å²) in [5.74, 6) is 0. The van der Waals surface area contributed by atoms with Gasteiger partial charge in [0.1, 0.15) is 11.2 Å². The van der Waals surface area contributed by atoms with Crippen LogP contribution in [0.2, 0.25) is 0 Å². The van der Waals surface area contributed by atoms with E-state index in [9.17, 15) is 9.59 Å². The summed E-state index contributed by atoms with van der Waals surface area (Å²) in [5.41, 5.74) is 0.928. The molecule has 0 spiro atoms. The van der Waals surface area contributed by atoms with Gasteiger partial charge in [-0.2, -0.15) is 0 Å². The zero-order valence-corrected chi connectivity index (χ0v) is 13.2. The van der Waals surface area contributed by atoms with Crippen molar-refractivity contribution in [1.82, 2.24) is 0 Å². The van der Waals surface area contributed by atoms with Crippen LogP contribution in [0.15, 0.2) is 74.7 Å². The van der Waals surface area contributed by atoms with Crippen LogP contribution >= 0.6 is 11.3 Å². The Kier molecular flexibility index (Phi) is 2.67. The molecule has 0 aliphatic rings. The monoisotopic (exact) mass is 330 g/mol. The van der Waals surface area contributed by atoms with E-state index in [0.29, 0.717) is 37.4 Å². The van der Waals surface area contributed by atoms with Gasteiger partial charge in [0.25, 0.3) is 0 Å². The molecule has 0 atom stereocenters. The van der Waals surface area contributed by atoms with Crippen LogP contribution in [0.25, 0.3) is 42.1 Å². The summed E-state index contributed by atoms with van der Waals surface area (Å²) in [6.07, 6.45) is 0. The fourth-order valence-corrected chi connectivity index (χ4v) is 4.35. The molecule has 114 valence electrons. The molecule has 0 saturated heterocycles. The van der Waals surface area contributed by atoms with Gasteiger partial charge in [-0.3, -0.25) is 9.59 Å². The Hall–Kier alpha value is -2.98. The molecule has 2 heterocycles. The molecular weight excluding hydrogens is 320 g/mol. The van der Waals surface area contributed by atoms with Crippen LogP contribution in [0.4, 0.5) is 0 Å². The second-order valence-corrected chi connectivity index (χ2v) is 6.72. The smallest absolute Gasteiger partial charge is 0.201 e. The lowest BCUT2D eigenvalue weighted by Crippen LogP contribution is -2.06. The van der Waals surface area contributed by atoms with Gasteiger partial charge < -0.3 is 4.42 Å². The quantitative estimate of drug-likeness (QED) is 0.306. The minimum Gasteiger partial charge on any atom is -0.456 e. The molecule has 0 fully saturated rings. The van der Waals surface area contributed by atoms with Gasteiger partial charge in [-0.05, 0) is 36.4 Å². The van der Waals surface area contributed by atoms with Crippen molar-refractivity contribution in [3.63, 3.8) is 0 Å². The topological polar surface area (TPSA) is 47.3 Å². The van der Waals surface area contributed by atoms with Crippen molar-refractivity contribution >= 4 is 53.4 Å². The molecule has 0 aliphatic carbocycles. The van der Waals surface area contributed by atoms with E-state index in [1.807, 2.05) is 36.4 Å². The molecule has 0 amide bonds. The number of benzene rings is 3. The SMILES string of the molecule is O=c1c2ccccc2sc2c1ccc1oc3ccccc3c(=O)c12. The third kappa shape index (κ3) is 1.71. The minimum atomic E-state index is -0.0941. The van der Waals surface area contributed by atoms with Gasteiger partial charge in [0.2, 0.25) is 5.43 Å². The number of fused-ring (bicyclic) bond motifs is 5. The van der Waals surface area contributed by atoms with E-state index in [4.69, 9.17) is 4.42 Å². The third-order valence-corrected chi connectivity index (χ3v) is 5.49. The molecule has 4 heteroatoms. The highest BCUT2D eigenvalue weighted by Crippen LogP contribution is 2.30. The summed E-state index contributed by atoms with van der Waals surface area (Å²) >= 11 is 1.46. The molecule has 3 nitrogen and oxygen atoms in total. The van der Waals surface area contributed by atoms with Crippen molar-refractivity contribution in [2.45, 2.75) is 0 Å². The van der Waals surface area contributed by atoms with Gasteiger partial charge in [0.15, 0.2) is 5.43 Å². The normalized spacial score (nSPS) is 11.7. The third-order valence-electron chi connectivity index (χ3n) is 4.29. The van der Waals surface area contributed by atoms with Crippen LogP contribution in [-0.4, -0.2) is 0 Å². The van der Waals surface area contributed by atoms with Crippen molar-refractivity contribution in [2.24, 2.45) is 0 Å². The molecule has 0 bridgehead atoms. The van der Waals surface area contributed by atoms with Crippen molar-refractivity contribution in [1.29, 1.82) is 0 Å². The zero-order valence-electron chi connectivity index (χ0n) is 12.4. The molecule has 0 unspecified atom stereocenters. The van der Waals surface area contributed by atoms with E-state index in [-0.39, 0.29) is 10.9 Å². The van der Waals surface area contributed by atoms with Crippen LogP contribution in [0.5, 0.6) is 0 Å². The second kappa shape index (κ2) is 4.76. The predicted molar refractivity (Wildman–Crippen MR) is 99.1 cm³/mol. The molecule has 0 aliphatic heterocycles.